The third kappa shape index (κ3) is 4.31. The van der Waals surface area contributed by atoms with Crippen LogP contribution in [0.1, 0.15) is 44.9 Å². The molecule has 5 aliphatic rings. The third-order valence-electron chi connectivity index (χ3n) is 7.85. The lowest BCUT2D eigenvalue weighted by molar-refractivity contribution is -0.146. The molecule has 0 unspecified atom stereocenters. The van der Waals surface area contributed by atoms with Crippen LogP contribution in [0.2, 0.25) is 0 Å². The number of hydrogen-bond acceptors (Lipinski definition) is 6. The van der Waals surface area contributed by atoms with E-state index in [0.717, 1.165) is 37.0 Å². The largest absolute Gasteiger partial charge is 0.356 e. The van der Waals surface area contributed by atoms with Crippen molar-refractivity contribution in [3.8, 4) is 0 Å². The van der Waals surface area contributed by atoms with Crippen molar-refractivity contribution in [1.29, 1.82) is 0 Å². The van der Waals surface area contributed by atoms with Gasteiger partial charge in [0, 0.05) is 50.5 Å². The summed E-state index contributed by atoms with van der Waals surface area (Å²) in [6, 6.07) is 1.77. The third-order valence-corrected chi connectivity index (χ3v) is 9.81. The fraction of sp³-hybridized carbons (Fsp3) is 0.773. The van der Waals surface area contributed by atoms with E-state index in [2.05, 4.69) is 15.3 Å². The predicted octanol–water partition coefficient (Wildman–Crippen LogP) is 1.65. The minimum absolute atomic E-state index is 0.0794. The number of hydrogen-bond donors (Lipinski definition) is 1. The Hall–Kier alpha value is -1.74. The van der Waals surface area contributed by atoms with Crippen LogP contribution in [0.4, 0.5) is 5.95 Å². The van der Waals surface area contributed by atoms with Crippen molar-refractivity contribution in [3.63, 3.8) is 0 Å². The van der Waals surface area contributed by atoms with Gasteiger partial charge in [-0.05, 0) is 68.8 Å². The highest BCUT2D eigenvalue weighted by Gasteiger charge is 2.54. The van der Waals surface area contributed by atoms with Gasteiger partial charge < -0.3 is 10.2 Å². The monoisotopic (exact) mass is 447 g/mol. The number of piperazine rings is 1. The lowest BCUT2D eigenvalue weighted by Gasteiger charge is -2.55. The van der Waals surface area contributed by atoms with Crippen LogP contribution in [0.15, 0.2) is 18.5 Å². The van der Waals surface area contributed by atoms with E-state index in [1.807, 2.05) is 4.90 Å². The van der Waals surface area contributed by atoms with Gasteiger partial charge in [0.15, 0.2) is 0 Å². The van der Waals surface area contributed by atoms with E-state index in [0.29, 0.717) is 45.1 Å². The van der Waals surface area contributed by atoms with E-state index < -0.39 is 10.0 Å². The maximum atomic E-state index is 13.0. The smallest absolute Gasteiger partial charge is 0.226 e. The summed E-state index contributed by atoms with van der Waals surface area (Å²) in [6.07, 6.45) is 10.9. The summed E-state index contributed by atoms with van der Waals surface area (Å²) in [5.41, 5.74) is -0.163. The van der Waals surface area contributed by atoms with E-state index in [1.165, 1.54) is 19.3 Å². The number of amides is 1. The Bertz CT molecular complexity index is 864. The molecule has 1 saturated heterocycles. The summed E-state index contributed by atoms with van der Waals surface area (Å²) in [6.45, 7) is 2.51. The molecule has 0 radical (unpaired) electrons. The fourth-order valence-electron chi connectivity index (χ4n) is 6.78. The van der Waals surface area contributed by atoms with E-state index in [9.17, 15) is 13.2 Å². The molecule has 0 spiro atoms. The zero-order valence-electron chi connectivity index (χ0n) is 18.1. The predicted molar refractivity (Wildman–Crippen MR) is 118 cm³/mol. The van der Waals surface area contributed by atoms with Crippen molar-refractivity contribution in [2.45, 2.75) is 44.9 Å². The average Bonchev–Trinajstić information content (AvgIpc) is 2.76. The Morgan fingerprint density at radius 2 is 1.58 bits per heavy atom. The van der Waals surface area contributed by atoms with Gasteiger partial charge in [0.1, 0.15) is 0 Å². The minimum Gasteiger partial charge on any atom is -0.356 e. The van der Waals surface area contributed by atoms with Gasteiger partial charge in [0.2, 0.25) is 21.9 Å². The Morgan fingerprint density at radius 3 is 2.16 bits per heavy atom. The topological polar surface area (TPSA) is 95.5 Å². The molecule has 0 aromatic carbocycles. The summed E-state index contributed by atoms with van der Waals surface area (Å²) >= 11 is 0. The van der Waals surface area contributed by atoms with Crippen LogP contribution in [-0.4, -0.2) is 67.1 Å². The lowest BCUT2D eigenvalue weighted by atomic mass is 9.49. The van der Waals surface area contributed by atoms with Crippen molar-refractivity contribution >= 4 is 21.9 Å². The number of nitrogens with one attached hydrogen (secondary N) is 1. The number of anilines is 1. The molecule has 1 aromatic rings. The number of aromatic nitrogens is 2. The Labute approximate surface area is 184 Å². The quantitative estimate of drug-likeness (QED) is 0.639. The maximum absolute atomic E-state index is 13.0. The van der Waals surface area contributed by atoms with Crippen LogP contribution >= 0.6 is 0 Å². The molecule has 1 amide bonds. The summed E-state index contributed by atoms with van der Waals surface area (Å²) in [7, 11) is -3.32. The second-order valence-corrected chi connectivity index (χ2v) is 12.1. The molecule has 0 atom stereocenters. The highest BCUT2D eigenvalue weighted by Crippen LogP contribution is 2.60. The van der Waals surface area contributed by atoms with Gasteiger partial charge >= 0.3 is 0 Å². The van der Waals surface area contributed by atoms with Gasteiger partial charge in [-0.3, -0.25) is 4.79 Å². The molecule has 5 fully saturated rings. The van der Waals surface area contributed by atoms with E-state index in [1.54, 1.807) is 22.8 Å². The summed E-state index contributed by atoms with van der Waals surface area (Å²) in [5.74, 6) is 3.11. The highest BCUT2D eigenvalue weighted by molar-refractivity contribution is 7.89. The second kappa shape index (κ2) is 8.31. The summed E-state index contributed by atoms with van der Waals surface area (Å²) in [5, 5.41) is 3.10. The zero-order chi connectivity index (χ0) is 21.5. The van der Waals surface area contributed by atoms with E-state index in [-0.39, 0.29) is 17.1 Å². The van der Waals surface area contributed by atoms with Crippen LogP contribution in [0.3, 0.4) is 0 Å². The van der Waals surface area contributed by atoms with Crippen LogP contribution in [-0.2, 0) is 14.8 Å². The normalized spacial score (nSPS) is 32.9. The highest BCUT2D eigenvalue weighted by atomic mass is 32.2. The molecule has 9 heteroatoms. The van der Waals surface area contributed by atoms with Gasteiger partial charge in [-0.2, -0.15) is 4.31 Å². The van der Waals surface area contributed by atoms with Crippen molar-refractivity contribution in [3.05, 3.63) is 18.5 Å². The first kappa shape index (κ1) is 21.1. The summed E-state index contributed by atoms with van der Waals surface area (Å²) < 4.78 is 27.1. The van der Waals surface area contributed by atoms with Crippen molar-refractivity contribution in [2.75, 3.05) is 43.4 Å². The second-order valence-electron chi connectivity index (χ2n) is 10.1. The van der Waals surface area contributed by atoms with Crippen molar-refractivity contribution in [2.24, 2.45) is 23.2 Å². The van der Waals surface area contributed by atoms with Crippen LogP contribution < -0.4 is 10.2 Å². The molecule has 1 aliphatic heterocycles. The van der Waals surface area contributed by atoms with Gasteiger partial charge in [-0.1, -0.05) is 0 Å². The molecule has 1 N–H and O–H groups in total. The molecule has 4 saturated carbocycles. The minimum atomic E-state index is -3.32. The van der Waals surface area contributed by atoms with Crippen LogP contribution in [0.25, 0.3) is 0 Å². The molecule has 4 bridgehead atoms. The molecule has 8 nitrogen and oxygen atoms in total. The first-order valence-corrected chi connectivity index (χ1v) is 13.3. The SMILES string of the molecule is O=C(NCCCS(=O)(=O)N1CCN(c2ncccn2)CC1)C12CC3CC(CC(C3)C1)C2. The van der Waals surface area contributed by atoms with Crippen LogP contribution in [0, 0.1) is 23.2 Å². The van der Waals surface area contributed by atoms with E-state index >= 15 is 0 Å². The van der Waals surface area contributed by atoms with Crippen molar-refractivity contribution in [1.82, 2.24) is 19.6 Å². The molecule has 170 valence electrons. The number of nitrogens with zero attached hydrogens (tertiary/aromatic N) is 4. The Morgan fingerprint density at radius 1 is 1.00 bits per heavy atom. The molecule has 2 heterocycles. The molecule has 1 aromatic heterocycles. The van der Waals surface area contributed by atoms with Gasteiger partial charge in [-0.15, -0.1) is 0 Å². The maximum Gasteiger partial charge on any atom is 0.226 e. The molecular formula is C22H33N5O3S. The number of rotatable bonds is 7. The van der Waals surface area contributed by atoms with Gasteiger partial charge in [-0.25, -0.2) is 18.4 Å². The zero-order valence-corrected chi connectivity index (χ0v) is 18.9. The van der Waals surface area contributed by atoms with E-state index in [4.69, 9.17) is 0 Å². The molecule has 4 aliphatic carbocycles. The Balaban J connectivity index is 1.07. The fourth-order valence-corrected chi connectivity index (χ4v) is 8.27. The first-order chi connectivity index (χ1) is 14.9. The number of sulfonamides is 1. The number of carbonyl (C=O) groups excluding carboxylic acids is 1. The summed E-state index contributed by atoms with van der Waals surface area (Å²) in [4.78, 5) is 23.5. The first-order valence-electron chi connectivity index (χ1n) is 11.7. The average molecular weight is 448 g/mol. The molecule has 6 rings (SSSR count). The Kier molecular flexibility index (Phi) is 5.66. The molecular weight excluding hydrogens is 414 g/mol. The van der Waals surface area contributed by atoms with Crippen molar-refractivity contribution < 1.29 is 13.2 Å². The number of carbonyl (C=O) groups is 1. The molecule has 31 heavy (non-hydrogen) atoms. The van der Waals surface area contributed by atoms with Gasteiger partial charge in [0.05, 0.1) is 5.75 Å². The van der Waals surface area contributed by atoms with Crippen LogP contribution in [0.5, 0.6) is 0 Å². The lowest BCUT2D eigenvalue weighted by Crippen LogP contribution is -2.53. The van der Waals surface area contributed by atoms with Gasteiger partial charge in [0.25, 0.3) is 0 Å². The standard InChI is InChI=1S/C22H33N5O3S/c28-20(22-14-17-11-18(15-22)13-19(12-17)16-22)23-5-2-10-31(29,30)27-8-6-26(7-9-27)21-24-3-1-4-25-21/h1,3-4,17-19H,2,5-16H2,(H,23,28).